The fourth-order valence-electron chi connectivity index (χ4n) is 2.16. The van der Waals surface area contributed by atoms with Gasteiger partial charge in [-0.15, -0.1) is 11.3 Å². The Labute approximate surface area is 179 Å². The van der Waals surface area contributed by atoms with Crippen LogP contribution in [-0.2, 0) is 9.59 Å². The Hall–Kier alpha value is -1.61. The zero-order valence-corrected chi connectivity index (χ0v) is 18.3. The van der Waals surface area contributed by atoms with Crippen LogP contribution in [0.4, 0.5) is 5.69 Å². The first-order valence-corrected chi connectivity index (χ1v) is 10.1. The molecule has 3 amide bonds. The Morgan fingerprint density at radius 2 is 1.89 bits per heavy atom. The normalized spacial score (nSPS) is 11.6. The summed E-state index contributed by atoms with van der Waals surface area (Å²) in [6.07, 6.45) is 0. The Morgan fingerprint density at radius 1 is 1.19 bits per heavy atom. The number of anilines is 1. The molecule has 0 saturated carbocycles. The molecule has 0 fully saturated rings. The molecular weight excluding hydrogens is 477 g/mol. The summed E-state index contributed by atoms with van der Waals surface area (Å²) in [5.41, 5.74) is 0.472. The second kappa shape index (κ2) is 9.54. The van der Waals surface area contributed by atoms with Crippen LogP contribution in [0.1, 0.15) is 16.6 Å². The molecule has 0 bridgehead atoms. The average Bonchev–Trinajstić information content (AvgIpc) is 3.03. The zero-order chi connectivity index (χ0) is 20.1. The third-order valence-electron chi connectivity index (χ3n) is 3.48. The van der Waals surface area contributed by atoms with E-state index in [-0.39, 0.29) is 18.4 Å². The van der Waals surface area contributed by atoms with Crippen LogP contribution in [0.2, 0.25) is 10.0 Å². The Kier molecular flexibility index (Phi) is 7.67. The summed E-state index contributed by atoms with van der Waals surface area (Å²) in [6, 6.07) is 7.33. The minimum absolute atomic E-state index is 0.177. The molecule has 0 aliphatic heterocycles. The number of rotatable bonds is 6. The number of carbonyl (C=O) groups excluding carboxylic acids is 3. The van der Waals surface area contributed by atoms with Crippen LogP contribution in [0, 0.1) is 0 Å². The minimum atomic E-state index is -0.777. The molecule has 27 heavy (non-hydrogen) atoms. The van der Waals surface area contributed by atoms with E-state index in [1.54, 1.807) is 31.2 Å². The molecule has 1 heterocycles. The number of carbonyl (C=O) groups is 3. The fraction of sp³-hybridized carbons (Fsp3) is 0.235. The summed E-state index contributed by atoms with van der Waals surface area (Å²) in [6.45, 7) is 1.39. The molecule has 2 aromatic rings. The van der Waals surface area contributed by atoms with E-state index in [1.807, 2.05) is 0 Å². The van der Waals surface area contributed by atoms with E-state index in [9.17, 15) is 14.4 Å². The molecule has 0 spiro atoms. The minimum Gasteiger partial charge on any atom is -0.340 e. The van der Waals surface area contributed by atoms with Gasteiger partial charge in [0.25, 0.3) is 5.91 Å². The van der Waals surface area contributed by atoms with E-state index in [0.29, 0.717) is 20.6 Å². The fourth-order valence-corrected chi connectivity index (χ4v) is 3.75. The van der Waals surface area contributed by atoms with Crippen molar-refractivity contribution in [2.75, 3.05) is 18.9 Å². The van der Waals surface area contributed by atoms with Gasteiger partial charge in [-0.3, -0.25) is 14.4 Å². The van der Waals surface area contributed by atoms with Crippen molar-refractivity contribution in [2.24, 2.45) is 0 Å². The maximum atomic E-state index is 12.4. The maximum absolute atomic E-state index is 12.4. The Balaban J connectivity index is 1.88. The molecule has 0 saturated heterocycles. The van der Waals surface area contributed by atoms with E-state index >= 15 is 0 Å². The zero-order valence-electron chi connectivity index (χ0n) is 14.4. The molecule has 2 N–H and O–H groups in total. The van der Waals surface area contributed by atoms with Crippen molar-refractivity contribution in [1.29, 1.82) is 0 Å². The SMILES string of the molecule is CC(NC(=O)c1ccc(Br)s1)C(=O)N(C)CC(=O)Nc1ccc(Cl)c(Cl)c1. The van der Waals surface area contributed by atoms with Gasteiger partial charge in [-0.1, -0.05) is 23.2 Å². The summed E-state index contributed by atoms with van der Waals surface area (Å²) < 4.78 is 0.822. The first-order chi connectivity index (χ1) is 12.7. The van der Waals surface area contributed by atoms with E-state index in [4.69, 9.17) is 23.2 Å². The first kappa shape index (κ1) is 21.7. The molecule has 2 rings (SSSR count). The lowest BCUT2D eigenvalue weighted by molar-refractivity contribution is -0.134. The lowest BCUT2D eigenvalue weighted by Gasteiger charge is -2.21. The van der Waals surface area contributed by atoms with Gasteiger partial charge in [0, 0.05) is 12.7 Å². The highest BCUT2D eigenvalue weighted by Crippen LogP contribution is 2.25. The van der Waals surface area contributed by atoms with Crippen molar-refractivity contribution in [3.8, 4) is 0 Å². The quantitative estimate of drug-likeness (QED) is 0.638. The highest BCUT2D eigenvalue weighted by atomic mass is 79.9. The molecular formula is C17H16BrCl2N3O3S. The number of amides is 3. The topological polar surface area (TPSA) is 78.5 Å². The van der Waals surface area contributed by atoms with Gasteiger partial charge in [0.1, 0.15) is 6.04 Å². The second-order valence-electron chi connectivity index (χ2n) is 5.67. The molecule has 1 atom stereocenters. The first-order valence-electron chi connectivity index (χ1n) is 7.73. The van der Waals surface area contributed by atoms with Gasteiger partial charge in [-0.25, -0.2) is 0 Å². The predicted octanol–water partition coefficient (Wildman–Crippen LogP) is 4.03. The number of nitrogens with zero attached hydrogens (tertiary/aromatic N) is 1. The van der Waals surface area contributed by atoms with Crippen LogP contribution in [0.15, 0.2) is 34.1 Å². The third-order valence-corrected chi connectivity index (χ3v) is 5.84. The summed E-state index contributed by atoms with van der Waals surface area (Å²) in [5, 5.41) is 5.95. The van der Waals surface area contributed by atoms with Crippen LogP contribution in [0.25, 0.3) is 0 Å². The number of thiophene rings is 1. The standard InChI is InChI=1S/C17H16BrCl2N3O3S/c1-9(21-16(25)13-5-6-14(18)27-13)17(26)23(2)8-15(24)22-10-3-4-11(19)12(20)7-10/h3-7,9H,8H2,1-2H3,(H,21,25)(H,22,24). The van der Waals surface area contributed by atoms with Crippen molar-refractivity contribution in [2.45, 2.75) is 13.0 Å². The molecule has 0 aliphatic carbocycles. The van der Waals surface area contributed by atoms with Gasteiger partial charge >= 0.3 is 0 Å². The van der Waals surface area contributed by atoms with Gasteiger partial charge in [-0.2, -0.15) is 0 Å². The predicted molar refractivity (Wildman–Crippen MR) is 112 cm³/mol. The van der Waals surface area contributed by atoms with Crippen LogP contribution in [0.3, 0.4) is 0 Å². The summed E-state index contributed by atoms with van der Waals surface area (Å²) in [4.78, 5) is 38.4. The van der Waals surface area contributed by atoms with Crippen LogP contribution < -0.4 is 10.6 Å². The second-order valence-corrected chi connectivity index (χ2v) is 8.95. The highest BCUT2D eigenvalue weighted by molar-refractivity contribution is 9.11. The molecule has 1 aromatic heterocycles. The van der Waals surface area contributed by atoms with Crippen LogP contribution in [-0.4, -0.2) is 42.3 Å². The van der Waals surface area contributed by atoms with Crippen molar-refractivity contribution in [1.82, 2.24) is 10.2 Å². The van der Waals surface area contributed by atoms with E-state index in [1.165, 1.54) is 29.4 Å². The smallest absolute Gasteiger partial charge is 0.262 e. The summed E-state index contributed by atoms with van der Waals surface area (Å²) >= 11 is 16.3. The van der Waals surface area contributed by atoms with Crippen molar-refractivity contribution in [3.05, 3.63) is 49.0 Å². The van der Waals surface area contributed by atoms with Crippen molar-refractivity contribution >= 4 is 73.9 Å². The molecule has 10 heteroatoms. The number of hydrogen-bond donors (Lipinski definition) is 2. The lowest BCUT2D eigenvalue weighted by Crippen LogP contribution is -2.47. The highest BCUT2D eigenvalue weighted by Gasteiger charge is 2.22. The van der Waals surface area contributed by atoms with Gasteiger partial charge in [0.15, 0.2) is 0 Å². The number of nitrogens with one attached hydrogen (secondary N) is 2. The van der Waals surface area contributed by atoms with E-state index < -0.39 is 11.9 Å². The Morgan fingerprint density at radius 3 is 2.48 bits per heavy atom. The van der Waals surface area contributed by atoms with E-state index in [0.717, 1.165) is 3.79 Å². The number of benzene rings is 1. The van der Waals surface area contributed by atoms with Crippen molar-refractivity contribution < 1.29 is 14.4 Å². The molecule has 1 unspecified atom stereocenters. The van der Waals surface area contributed by atoms with Gasteiger partial charge < -0.3 is 15.5 Å². The lowest BCUT2D eigenvalue weighted by atomic mass is 10.2. The number of hydrogen-bond acceptors (Lipinski definition) is 4. The van der Waals surface area contributed by atoms with Crippen LogP contribution >= 0.6 is 50.5 Å². The van der Waals surface area contributed by atoms with Gasteiger partial charge in [-0.05, 0) is 53.2 Å². The largest absolute Gasteiger partial charge is 0.340 e. The molecule has 144 valence electrons. The number of halogens is 3. The maximum Gasteiger partial charge on any atom is 0.262 e. The van der Waals surface area contributed by atoms with Crippen molar-refractivity contribution in [3.63, 3.8) is 0 Å². The van der Waals surface area contributed by atoms with Gasteiger partial charge in [0.2, 0.25) is 11.8 Å². The average molecular weight is 493 g/mol. The monoisotopic (exact) mass is 491 g/mol. The Bertz CT molecular complexity index is 875. The molecule has 0 radical (unpaired) electrons. The van der Waals surface area contributed by atoms with Crippen LogP contribution in [0.5, 0.6) is 0 Å². The molecule has 1 aromatic carbocycles. The summed E-state index contributed by atoms with van der Waals surface area (Å²) in [5.74, 6) is -1.13. The molecule has 0 aliphatic rings. The third kappa shape index (κ3) is 6.21. The van der Waals surface area contributed by atoms with E-state index in [2.05, 4.69) is 26.6 Å². The van der Waals surface area contributed by atoms with Gasteiger partial charge in [0.05, 0.1) is 25.3 Å². The summed E-state index contributed by atoms with van der Waals surface area (Å²) in [7, 11) is 1.49. The number of likely N-dealkylation sites (N-methyl/N-ethyl adjacent to an activating group) is 1. The molecule has 6 nitrogen and oxygen atoms in total.